The van der Waals surface area contributed by atoms with Gasteiger partial charge in [-0.25, -0.2) is 14.4 Å². The van der Waals surface area contributed by atoms with Crippen molar-refractivity contribution in [2.24, 2.45) is 0 Å². The van der Waals surface area contributed by atoms with Crippen LogP contribution in [0.5, 0.6) is 0 Å². The average molecular weight is 850 g/mol. The lowest BCUT2D eigenvalue weighted by atomic mass is 10.1. The highest BCUT2D eigenvalue weighted by Crippen LogP contribution is 2.07. The molecule has 23 heteroatoms. The standard InChI is InChI=1S/C36H59N5O18/c1-24(42)8-9-25(34(50)51)40-30(45)13-11-27(36(54)55)41-32(47)23-59-21-19-57-17-15-38-31(46)22-58-20-18-56-16-14-37-28(43)12-10-26(35(52)53)39-29(44)6-4-2-3-5-7-33(48)49/h25-27H,2-23H2,1H3,(H,37,43)(H,38,46)(H,39,44)(H,40,45)(H,41,47)(H,48,49)(H,50,51)(H,52,53)(H,54,55)/t25-,26-,27-/m0/s1. The molecule has 0 aliphatic heterocycles. The van der Waals surface area contributed by atoms with Gasteiger partial charge in [-0.15, -0.1) is 0 Å². The maximum absolute atomic E-state index is 12.1. The van der Waals surface area contributed by atoms with Gasteiger partial charge in [-0.05, 0) is 39.0 Å². The molecule has 0 saturated carbocycles. The van der Waals surface area contributed by atoms with Gasteiger partial charge in [0.2, 0.25) is 29.5 Å². The zero-order chi connectivity index (χ0) is 44.4. The number of aliphatic carboxylic acids is 4. The number of carboxylic acids is 4. The number of carboxylic acid groups (broad SMARTS) is 4. The molecule has 0 unspecified atom stereocenters. The van der Waals surface area contributed by atoms with Crippen LogP contribution in [0.2, 0.25) is 0 Å². The molecule has 0 aromatic heterocycles. The third kappa shape index (κ3) is 32.4. The van der Waals surface area contributed by atoms with Gasteiger partial charge in [0, 0.05) is 45.2 Å². The summed E-state index contributed by atoms with van der Waals surface area (Å²) in [7, 11) is 0. The highest BCUT2D eigenvalue weighted by Gasteiger charge is 2.24. The number of amides is 5. The van der Waals surface area contributed by atoms with E-state index < -0.39 is 84.6 Å². The van der Waals surface area contributed by atoms with Crippen molar-refractivity contribution < 1.29 is 87.3 Å². The monoisotopic (exact) mass is 849 g/mol. The molecule has 336 valence electrons. The van der Waals surface area contributed by atoms with Crippen molar-refractivity contribution in [3.8, 4) is 0 Å². The second kappa shape index (κ2) is 33.7. The fourth-order valence-corrected chi connectivity index (χ4v) is 4.79. The first kappa shape index (κ1) is 53.7. The Kier molecular flexibility index (Phi) is 30.7. The minimum absolute atomic E-state index is 0.0300. The summed E-state index contributed by atoms with van der Waals surface area (Å²) in [6, 6.07) is -3.98. The summed E-state index contributed by atoms with van der Waals surface area (Å²) in [5.41, 5.74) is 0. The van der Waals surface area contributed by atoms with E-state index in [0.717, 1.165) is 0 Å². The molecule has 0 aromatic carbocycles. The van der Waals surface area contributed by atoms with Crippen LogP contribution in [0.15, 0.2) is 0 Å². The molecule has 0 spiro atoms. The molecule has 9 N–H and O–H groups in total. The Labute approximate surface area is 341 Å². The summed E-state index contributed by atoms with van der Waals surface area (Å²) >= 11 is 0. The zero-order valence-corrected chi connectivity index (χ0v) is 33.3. The fourth-order valence-electron chi connectivity index (χ4n) is 4.79. The van der Waals surface area contributed by atoms with Gasteiger partial charge in [0.15, 0.2) is 0 Å². The molecule has 23 nitrogen and oxygen atoms in total. The van der Waals surface area contributed by atoms with Crippen LogP contribution >= 0.6 is 0 Å². The Hall–Kier alpha value is -5.26. The topological polar surface area (TPSA) is 349 Å². The number of rotatable bonds is 38. The van der Waals surface area contributed by atoms with Crippen molar-refractivity contribution >= 4 is 59.2 Å². The van der Waals surface area contributed by atoms with Crippen LogP contribution in [-0.2, 0) is 66.9 Å². The van der Waals surface area contributed by atoms with E-state index in [-0.39, 0.29) is 110 Å². The second-order valence-corrected chi connectivity index (χ2v) is 13.0. The lowest BCUT2D eigenvalue weighted by Crippen LogP contribution is -2.45. The lowest BCUT2D eigenvalue weighted by molar-refractivity contribution is -0.144. The van der Waals surface area contributed by atoms with E-state index in [1.54, 1.807) is 0 Å². The van der Waals surface area contributed by atoms with E-state index >= 15 is 0 Å². The second-order valence-electron chi connectivity index (χ2n) is 13.0. The first-order valence-corrected chi connectivity index (χ1v) is 19.1. The molecular formula is C36H59N5O18. The predicted octanol–water partition coefficient (Wildman–Crippen LogP) is -1.65. The van der Waals surface area contributed by atoms with Crippen molar-refractivity contribution in [3.05, 3.63) is 0 Å². The number of ketones is 1. The molecule has 3 atom stereocenters. The van der Waals surface area contributed by atoms with Crippen LogP contribution in [0.25, 0.3) is 0 Å². The van der Waals surface area contributed by atoms with Crippen LogP contribution in [-0.4, -0.2) is 164 Å². The van der Waals surface area contributed by atoms with Crippen molar-refractivity contribution in [2.75, 3.05) is 65.9 Å². The van der Waals surface area contributed by atoms with Crippen molar-refractivity contribution in [1.82, 2.24) is 26.6 Å². The first-order valence-electron chi connectivity index (χ1n) is 19.1. The Morgan fingerprint density at radius 2 is 0.814 bits per heavy atom. The van der Waals surface area contributed by atoms with Gasteiger partial charge in [0.1, 0.15) is 37.1 Å². The number of unbranched alkanes of at least 4 members (excludes halogenated alkanes) is 3. The number of hydrogen-bond acceptors (Lipinski definition) is 14. The maximum atomic E-state index is 12.1. The van der Waals surface area contributed by atoms with Crippen molar-refractivity contribution in [2.45, 2.75) is 102 Å². The highest BCUT2D eigenvalue weighted by molar-refractivity contribution is 5.87. The minimum atomic E-state index is -1.44. The number of carbonyl (C=O) groups excluding carboxylic acids is 6. The third-order valence-electron chi connectivity index (χ3n) is 7.90. The van der Waals surface area contributed by atoms with Crippen LogP contribution < -0.4 is 26.6 Å². The summed E-state index contributed by atoms with van der Waals surface area (Å²) in [4.78, 5) is 116. The molecule has 0 aliphatic rings. The molecule has 0 aromatic rings. The highest BCUT2D eigenvalue weighted by atomic mass is 16.5. The van der Waals surface area contributed by atoms with E-state index in [2.05, 4.69) is 26.6 Å². The zero-order valence-electron chi connectivity index (χ0n) is 33.3. The van der Waals surface area contributed by atoms with E-state index in [0.29, 0.717) is 25.7 Å². The quantitative estimate of drug-likeness (QED) is 0.0314. The van der Waals surface area contributed by atoms with Gasteiger partial charge in [-0.3, -0.25) is 28.8 Å². The van der Waals surface area contributed by atoms with Gasteiger partial charge < -0.3 is 70.8 Å². The largest absolute Gasteiger partial charge is 0.481 e. The molecule has 0 fully saturated rings. The Balaban J connectivity index is 3.92. The van der Waals surface area contributed by atoms with Crippen LogP contribution in [0.1, 0.15) is 84.0 Å². The summed E-state index contributed by atoms with van der Waals surface area (Å²) in [6.45, 7) is 1.29. The van der Waals surface area contributed by atoms with Gasteiger partial charge in [0.25, 0.3) is 0 Å². The lowest BCUT2D eigenvalue weighted by Gasteiger charge is -2.16. The molecule has 0 bridgehead atoms. The fraction of sp³-hybridized carbons (Fsp3) is 0.722. The van der Waals surface area contributed by atoms with E-state index in [1.807, 2.05) is 0 Å². The number of carbonyl (C=O) groups is 10. The van der Waals surface area contributed by atoms with Crippen LogP contribution in [0.4, 0.5) is 0 Å². The van der Waals surface area contributed by atoms with E-state index in [9.17, 15) is 63.3 Å². The van der Waals surface area contributed by atoms with Gasteiger partial charge in [0.05, 0.1) is 39.6 Å². The summed E-state index contributed by atoms with van der Waals surface area (Å²) in [5.74, 6) is -7.98. The van der Waals surface area contributed by atoms with E-state index in [1.165, 1.54) is 6.92 Å². The normalized spacial score (nSPS) is 12.3. The molecule has 59 heavy (non-hydrogen) atoms. The van der Waals surface area contributed by atoms with E-state index in [4.69, 9.17) is 24.1 Å². The number of Topliss-reactive ketones (excluding diaryl/α,β-unsaturated/α-hetero) is 1. The molecule has 0 saturated heterocycles. The molecule has 0 heterocycles. The number of nitrogens with one attached hydrogen (secondary N) is 5. The third-order valence-corrected chi connectivity index (χ3v) is 7.90. The molecule has 5 amide bonds. The first-order chi connectivity index (χ1) is 28.0. The molecule has 0 aliphatic carbocycles. The summed E-state index contributed by atoms with van der Waals surface area (Å²) in [5, 5.41) is 48.5. The Morgan fingerprint density at radius 3 is 1.29 bits per heavy atom. The smallest absolute Gasteiger partial charge is 0.326 e. The Morgan fingerprint density at radius 1 is 0.424 bits per heavy atom. The van der Waals surface area contributed by atoms with Gasteiger partial charge >= 0.3 is 23.9 Å². The summed E-state index contributed by atoms with van der Waals surface area (Å²) < 4.78 is 21.0. The number of ether oxygens (including phenoxy) is 4. The van der Waals surface area contributed by atoms with Crippen molar-refractivity contribution in [3.63, 3.8) is 0 Å². The molecular weight excluding hydrogens is 790 g/mol. The van der Waals surface area contributed by atoms with Crippen LogP contribution in [0, 0.1) is 0 Å². The Bertz CT molecular complexity index is 1360. The average Bonchev–Trinajstić information content (AvgIpc) is 3.16. The molecule has 0 radical (unpaired) electrons. The maximum Gasteiger partial charge on any atom is 0.326 e. The molecule has 0 rings (SSSR count). The predicted molar refractivity (Wildman–Crippen MR) is 202 cm³/mol. The van der Waals surface area contributed by atoms with Gasteiger partial charge in [-0.1, -0.05) is 12.8 Å². The van der Waals surface area contributed by atoms with Gasteiger partial charge in [-0.2, -0.15) is 0 Å². The number of hydrogen-bond donors (Lipinski definition) is 9. The summed E-state index contributed by atoms with van der Waals surface area (Å²) in [6.07, 6.45) is 1.29. The van der Waals surface area contributed by atoms with Crippen molar-refractivity contribution in [1.29, 1.82) is 0 Å². The minimum Gasteiger partial charge on any atom is -0.481 e. The SMILES string of the molecule is CC(=O)CC[C@H](NC(=O)CC[C@H](NC(=O)COCCOCCNC(=O)COCCOCCNC(=O)CC[C@H](NC(=O)CCCCCCC(=O)O)C(=O)O)C(=O)O)C(=O)O. The van der Waals surface area contributed by atoms with Crippen LogP contribution in [0.3, 0.4) is 0 Å².